The Morgan fingerprint density at radius 2 is 1.66 bits per heavy atom. The summed E-state index contributed by atoms with van der Waals surface area (Å²) in [6.07, 6.45) is -3.97. The second kappa shape index (κ2) is 16.5. The summed E-state index contributed by atoms with van der Waals surface area (Å²) >= 11 is 0. The highest BCUT2D eigenvalue weighted by Crippen LogP contribution is 2.30. The maximum absolute atomic E-state index is 12.2. The highest BCUT2D eigenvalue weighted by molar-refractivity contribution is 6.61. The molecule has 15 heteroatoms. The van der Waals surface area contributed by atoms with Gasteiger partial charge in [-0.1, -0.05) is 35.9 Å². The first-order valence-corrected chi connectivity index (χ1v) is 14.2. The van der Waals surface area contributed by atoms with E-state index in [0.717, 1.165) is 28.8 Å². The molecule has 242 valence electrons. The maximum Gasteiger partial charge on any atom is 0.492 e. The minimum atomic E-state index is -4.21. The number of alkyl halides is 3. The third-order valence-corrected chi connectivity index (χ3v) is 6.89. The van der Waals surface area contributed by atoms with E-state index in [0.29, 0.717) is 31.6 Å². The fraction of sp³-hybridized carbons (Fsp3) is 0.483. The van der Waals surface area contributed by atoms with Crippen molar-refractivity contribution in [1.29, 1.82) is 0 Å². The first kappa shape index (κ1) is 36.7. The second-order valence-corrected chi connectivity index (χ2v) is 10.9. The van der Waals surface area contributed by atoms with E-state index >= 15 is 0 Å². The average Bonchev–Trinajstić information content (AvgIpc) is 3.20. The van der Waals surface area contributed by atoms with Crippen molar-refractivity contribution in [1.82, 2.24) is 15.5 Å². The van der Waals surface area contributed by atoms with E-state index in [9.17, 15) is 32.6 Å². The van der Waals surface area contributed by atoms with Gasteiger partial charge in [0.05, 0.1) is 23.8 Å². The molecule has 0 fully saturated rings. The molecule has 3 amide bonds. The van der Waals surface area contributed by atoms with Gasteiger partial charge in [-0.25, -0.2) is 0 Å². The van der Waals surface area contributed by atoms with Gasteiger partial charge in [-0.2, -0.15) is 13.2 Å². The number of carbonyl (C=O) groups is 3. The van der Waals surface area contributed by atoms with Gasteiger partial charge in [0.25, 0.3) is 0 Å². The molecule has 1 aliphatic heterocycles. The zero-order valence-corrected chi connectivity index (χ0v) is 25.2. The van der Waals surface area contributed by atoms with Crippen molar-refractivity contribution in [3.63, 3.8) is 0 Å². The van der Waals surface area contributed by atoms with Crippen molar-refractivity contribution >= 4 is 30.3 Å². The van der Waals surface area contributed by atoms with Gasteiger partial charge in [0.1, 0.15) is 0 Å². The Labute approximate surface area is 255 Å². The molecule has 1 atom stereocenters. The van der Waals surface area contributed by atoms with E-state index < -0.39 is 36.4 Å². The van der Waals surface area contributed by atoms with Gasteiger partial charge in [0, 0.05) is 39.1 Å². The van der Waals surface area contributed by atoms with Gasteiger partial charge in [-0.15, -0.1) is 0 Å². The van der Waals surface area contributed by atoms with Gasteiger partial charge in [0.15, 0.2) is 0 Å². The molecule has 0 radical (unpaired) electrons. The summed E-state index contributed by atoms with van der Waals surface area (Å²) < 4.78 is 41.3. The summed E-state index contributed by atoms with van der Waals surface area (Å²) in [7, 11) is -0.960. The summed E-state index contributed by atoms with van der Waals surface area (Å²) in [5.74, 6) is -1.05. The third kappa shape index (κ3) is 11.2. The number of nitrogens with zero attached hydrogens (tertiary/aromatic N) is 1. The summed E-state index contributed by atoms with van der Waals surface area (Å²) in [4.78, 5) is 38.1. The van der Waals surface area contributed by atoms with Gasteiger partial charge in [0.2, 0.25) is 17.7 Å². The zero-order chi connectivity index (χ0) is 33.1. The van der Waals surface area contributed by atoms with Crippen LogP contribution in [0, 0.1) is 6.92 Å². The standard InChI is InChI=1S/C21H35BN6O5.C8H7F3/c1-21(2)15-11-14(3-4-16(15)22(32)33-21)12-26-18(29)13-27-20(31)17(25)5-6-19(30)28(9-7-23)10-8-24;1-6-2-4-7(5-3-6)8(9,10)11/h3-4,11,17,32H,5-10,12-13,23-25H2,1-2H3,(H,26,29)(H,27,31);2-5H,1H3. The number of aryl methyl sites for hydroxylation is 1. The molecule has 44 heavy (non-hydrogen) atoms. The van der Waals surface area contributed by atoms with Crippen LogP contribution in [0.1, 0.15) is 48.9 Å². The van der Waals surface area contributed by atoms with Gasteiger partial charge < -0.3 is 42.4 Å². The second-order valence-electron chi connectivity index (χ2n) is 10.9. The molecule has 0 saturated carbocycles. The summed E-state index contributed by atoms with van der Waals surface area (Å²) in [5.41, 5.74) is 18.9. The van der Waals surface area contributed by atoms with E-state index in [2.05, 4.69) is 10.6 Å². The molecule has 0 bridgehead atoms. The smallest absolute Gasteiger partial charge is 0.423 e. The van der Waals surface area contributed by atoms with Crippen molar-refractivity contribution in [2.24, 2.45) is 17.2 Å². The first-order chi connectivity index (χ1) is 20.6. The van der Waals surface area contributed by atoms with Crippen LogP contribution in [0.4, 0.5) is 13.2 Å². The Morgan fingerprint density at radius 1 is 1.05 bits per heavy atom. The predicted molar refractivity (Wildman–Crippen MR) is 161 cm³/mol. The lowest BCUT2D eigenvalue weighted by molar-refractivity contribution is -0.137. The number of carbonyl (C=O) groups excluding carboxylic acids is 3. The predicted octanol–water partition coefficient (Wildman–Crippen LogP) is 0.239. The number of hydrogen-bond donors (Lipinski definition) is 6. The Morgan fingerprint density at radius 3 is 2.23 bits per heavy atom. The molecule has 9 N–H and O–H groups in total. The Bertz CT molecular complexity index is 1260. The molecule has 2 aromatic carbocycles. The lowest BCUT2D eigenvalue weighted by atomic mass is 9.78. The molecule has 0 saturated heterocycles. The lowest BCUT2D eigenvalue weighted by Crippen LogP contribution is -2.45. The number of fused-ring (bicyclic) bond motifs is 1. The number of benzene rings is 2. The van der Waals surface area contributed by atoms with Crippen LogP contribution in [0.25, 0.3) is 0 Å². The quantitative estimate of drug-likeness (QED) is 0.182. The van der Waals surface area contributed by atoms with Crippen LogP contribution in [0.3, 0.4) is 0 Å². The van der Waals surface area contributed by atoms with Crippen molar-refractivity contribution in [3.8, 4) is 0 Å². The Kier molecular flexibility index (Phi) is 13.8. The maximum atomic E-state index is 12.2. The monoisotopic (exact) mass is 622 g/mol. The number of rotatable bonds is 12. The SMILES string of the molecule is CC1(C)OB(O)c2ccc(CNC(=O)CNC(=O)C(N)CCC(=O)N(CCN)CCN)cc21.Cc1ccc(C(F)(F)F)cc1. The molecular formula is C29H42BF3N6O5. The molecule has 0 aliphatic carbocycles. The molecule has 3 rings (SSSR count). The van der Waals surface area contributed by atoms with E-state index in [4.69, 9.17) is 21.9 Å². The molecule has 1 heterocycles. The van der Waals surface area contributed by atoms with Crippen molar-refractivity contribution < 1.29 is 37.2 Å². The van der Waals surface area contributed by atoms with Gasteiger partial charge >= 0.3 is 13.3 Å². The Balaban J connectivity index is 0.000000514. The van der Waals surface area contributed by atoms with E-state index in [1.807, 2.05) is 19.9 Å². The molecule has 1 aliphatic rings. The van der Waals surface area contributed by atoms with Crippen molar-refractivity contribution in [2.45, 2.75) is 58.0 Å². The zero-order valence-electron chi connectivity index (χ0n) is 25.2. The van der Waals surface area contributed by atoms with E-state index in [1.165, 1.54) is 12.1 Å². The van der Waals surface area contributed by atoms with Gasteiger partial charge in [-0.05, 0) is 55.9 Å². The summed E-state index contributed by atoms with van der Waals surface area (Å²) in [5, 5.41) is 15.2. The largest absolute Gasteiger partial charge is 0.492 e. The molecule has 2 aromatic rings. The van der Waals surface area contributed by atoms with Crippen LogP contribution in [0.2, 0.25) is 0 Å². The van der Waals surface area contributed by atoms with E-state index in [-0.39, 0.29) is 37.7 Å². The highest BCUT2D eigenvalue weighted by Gasteiger charge is 2.40. The molecule has 0 aromatic heterocycles. The topological polar surface area (TPSA) is 186 Å². The molecule has 0 spiro atoms. The average molecular weight is 622 g/mol. The first-order valence-electron chi connectivity index (χ1n) is 14.2. The number of hydrogen-bond acceptors (Lipinski definition) is 8. The van der Waals surface area contributed by atoms with Crippen LogP contribution >= 0.6 is 0 Å². The van der Waals surface area contributed by atoms with E-state index in [1.54, 1.807) is 24.0 Å². The summed E-state index contributed by atoms with van der Waals surface area (Å²) in [6, 6.07) is 9.61. The lowest BCUT2D eigenvalue weighted by Gasteiger charge is -2.22. The van der Waals surface area contributed by atoms with Crippen LogP contribution in [-0.4, -0.2) is 73.5 Å². The van der Waals surface area contributed by atoms with Gasteiger partial charge in [-0.3, -0.25) is 14.4 Å². The normalized spacial score (nSPS) is 14.2. The third-order valence-electron chi connectivity index (χ3n) is 6.89. The fourth-order valence-electron chi connectivity index (χ4n) is 4.40. The fourth-order valence-corrected chi connectivity index (χ4v) is 4.40. The molecule has 1 unspecified atom stereocenters. The van der Waals surface area contributed by atoms with Crippen molar-refractivity contribution in [2.75, 3.05) is 32.7 Å². The van der Waals surface area contributed by atoms with Crippen molar-refractivity contribution in [3.05, 3.63) is 64.7 Å². The number of nitrogens with one attached hydrogen (secondary N) is 2. The van der Waals surface area contributed by atoms with Crippen LogP contribution < -0.4 is 33.3 Å². The molecule has 11 nitrogen and oxygen atoms in total. The number of halogens is 3. The number of amides is 3. The Hall–Kier alpha value is -3.50. The van der Waals surface area contributed by atoms with Crippen LogP contribution in [0.15, 0.2) is 42.5 Å². The molecular weight excluding hydrogens is 580 g/mol. The minimum absolute atomic E-state index is 0.0911. The van der Waals surface area contributed by atoms with Crippen LogP contribution in [-0.2, 0) is 37.4 Å². The highest BCUT2D eigenvalue weighted by atomic mass is 19.4. The number of nitrogens with two attached hydrogens (primary N) is 3. The minimum Gasteiger partial charge on any atom is -0.423 e. The summed E-state index contributed by atoms with van der Waals surface area (Å²) in [6.45, 7) is 6.95. The van der Waals surface area contributed by atoms with Crippen LogP contribution in [0.5, 0.6) is 0 Å².